The van der Waals surface area contributed by atoms with Crippen molar-refractivity contribution in [3.8, 4) is 11.1 Å². The zero-order valence-electron chi connectivity index (χ0n) is 24.1. The first kappa shape index (κ1) is 26.8. The van der Waals surface area contributed by atoms with E-state index in [1.807, 2.05) is 48.5 Å². The number of nitrogen functional groups attached to an aromatic ring is 1. The van der Waals surface area contributed by atoms with Gasteiger partial charge in [0.1, 0.15) is 0 Å². The van der Waals surface area contributed by atoms with Crippen LogP contribution in [0, 0.1) is 35.5 Å². The van der Waals surface area contributed by atoms with Gasteiger partial charge in [-0.25, -0.2) is 0 Å². The Kier molecular flexibility index (Phi) is 7.33. The number of para-hydroxylation sites is 1. The van der Waals surface area contributed by atoms with Crippen LogP contribution in [0.1, 0.15) is 96.8 Å². The topological polar surface area (TPSA) is 26.0 Å². The van der Waals surface area contributed by atoms with Crippen LogP contribution >= 0.6 is 19.5 Å². The maximum Gasteiger partial charge on any atom is 0.0485 e. The van der Waals surface area contributed by atoms with Crippen molar-refractivity contribution in [2.75, 3.05) is 11.9 Å². The maximum atomic E-state index is 6.08. The number of anilines is 1. The van der Waals surface area contributed by atoms with Gasteiger partial charge in [0.25, 0.3) is 0 Å². The molecular formula is C36H49ClNP. The fraction of sp³-hybridized carbons (Fsp3) is 0.667. The van der Waals surface area contributed by atoms with E-state index in [4.69, 9.17) is 17.3 Å². The summed E-state index contributed by atoms with van der Waals surface area (Å²) < 4.78 is 0. The van der Waals surface area contributed by atoms with Crippen LogP contribution in [-0.2, 0) is 0 Å². The van der Waals surface area contributed by atoms with Crippen molar-refractivity contribution in [3.63, 3.8) is 0 Å². The van der Waals surface area contributed by atoms with Crippen LogP contribution in [0.25, 0.3) is 11.1 Å². The average molecular weight is 562 g/mol. The minimum absolute atomic E-state index is 0.285. The third kappa shape index (κ3) is 5.01. The van der Waals surface area contributed by atoms with Crippen LogP contribution in [-0.4, -0.2) is 16.5 Å². The predicted octanol–water partition coefficient (Wildman–Crippen LogP) is 10.8. The minimum Gasteiger partial charge on any atom is -0.398 e. The highest BCUT2D eigenvalue weighted by atomic mass is 35.5. The molecule has 0 unspecified atom stereocenters. The lowest BCUT2D eigenvalue weighted by molar-refractivity contribution is 0.0185. The van der Waals surface area contributed by atoms with E-state index in [1.165, 1.54) is 6.42 Å². The normalized spacial score (nSPS) is 39.8. The molecule has 8 aliphatic carbocycles. The molecule has 0 spiro atoms. The standard InChI is InChI=1S/C24H39P.C12H10ClN/c1-2-3-4-25(23-11-17-5-18(12-23)7-19(6-17)13-23)24-14-20-8-21(15-24)10-22(9-20)16-24;13-11-7-3-1-5-9(11)10-6-2-4-8-12(10)14/h17-22H,2-16H2,1H3;1-8H,14H2. The monoisotopic (exact) mass is 561 g/mol. The van der Waals surface area contributed by atoms with Gasteiger partial charge in [-0.2, -0.15) is 0 Å². The van der Waals surface area contributed by atoms with Gasteiger partial charge in [-0.15, -0.1) is 0 Å². The zero-order valence-corrected chi connectivity index (χ0v) is 25.7. The Hall–Kier alpha value is -1.04. The van der Waals surface area contributed by atoms with Crippen molar-refractivity contribution in [1.82, 2.24) is 0 Å². The number of rotatable bonds is 6. The molecule has 0 heterocycles. The molecule has 210 valence electrons. The molecule has 8 aliphatic rings. The van der Waals surface area contributed by atoms with E-state index in [1.54, 1.807) is 89.6 Å². The van der Waals surface area contributed by atoms with E-state index in [2.05, 4.69) is 6.92 Å². The van der Waals surface area contributed by atoms with Crippen molar-refractivity contribution < 1.29 is 0 Å². The Morgan fingerprint density at radius 2 is 1.08 bits per heavy atom. The molecule has 8 bridgehead atoms. The third-order valence-corrected chi connectivity index (χ3v) is 16.5. The van der Waals surface area contributed by atoms with Gasteiger partial charge in [-0.1, -0.05) is 69.3 Å². The van der Waals surface area contributed by atoms with Gasteiger partial charge in [0.05, 0.1) is 0 Å². The zero-order chi connectivity index (χ0) is 26.6. The summed E-state index contributed by atoms with van der Waals surface area (Å²) in [5, 5.41) is 2.49. The number of hydrogen-bond acceptors (Lipinski definition) is 1. The summed E-state index contributed by atoms with van der Waals surface area (Å²) in [6.45, 7) is 2.45. The molecule has 39 heavy (non-hydrogen) atoms. The van der Waals surface area contributed by atoms with E-state index in [9.17, 15) is 0 Å². The molecule has 2 N–H and O–H groups in total. The highest BCUT2D eigenvalue weighted by molar-refractivity contribution is 7.61. The largest absolute Gasteiger partial charge is 0.398 e. The Morgan fingerprint density at radius 3 is 1.49 bits per heavy atom. The molecule has 1 nitrogen and oxygen atoms in total. The SMILES string of the molecule is CCCCP(C12CC3CC(CC(C3)C1)C2)C12CC3CC(CC(C3)C1)C2.Nc1ccccc1-c1ccccc1Cl. The fourth-order valence-electron chi connectivity index (χ4n) is 11.5. The number of halogens is 1. The summed E-state index contributed by atoms with van der Waals surface area (Å²) in [5.74, 6) is 6.95. The molecule has 3 heteroatoms. The smallest absolute Gasteiger partial charge is 0.0485 e. The van der Waals surface area contributed by atoms with Gasteiger partial charge >= 0.3 is 0 Å². The minimum atomic E-state index is 0.285. The number of benzene rings is 2. The molecule has 0 atom stereocenters. The van der Waals surface area contributed by atoms with Crippen molar-refractivity contribution in [2.45, 2.75) is 107 Å². The molecule has 0 radical (unpaired) electrons. The maximum absolute atomic E-state index is 6.08. The van der Waals surface area contributed by atoms with E-state index in [0.717, 1.165) is 67.7 Å². The second-order valence-corrected chi connectivity index (χ2v) is 18.5. The molecular weight excluding hydrogens is 513 g/mol. The summed E-state index contributed by atoms with van der Waals surface area (Å²) in [6, 6.07) is 15.4. The first-order valence-corrected chi connectivity index (χ1v) is 18.2. The van der Waals surface area contributed by atoms with Gasteiger partial charge in [0.2, 0.25) is 0 Å². The third-order valence-electron chi connectivity index (χ3n) is 12.0. The predicted molar refractivity (Wildman–Crippen MR) is 170 cm³/mol. The Balaban J connectivity index is 0.000000154. The molecule has 2 aromatic rings. The van der Waals surface area contributed by atoms with Gasteiger partial charge < -0.3 is 5.73 Å². The molecule has 8 saturated carbocycles. The number of unbranched alkanes of at least 4 members (excludes halogenated alkanes) is 1. The highest BCUT2D eigenvalue weighted by Gasteiger charge is 2.62. The summed E-state index contributed by atoms with van der Waals surface area (Å²) in [6.07, 6.45) is 24.6. The molecule has 0 saturated heterocycles. The van der Waals surface area contributed by atoms with Crippen molar-refractivity contribution in [3.05, 3.63) is 53.6 Å². The lowest BCUT2D eigenvalue weighted by Gasteiger charge is -2.67. The summed E-state index contributed by atoms with van der Waals surface area (Å²) >= 11 is 6.08. The first-order valence-electron chi connectivity index (χ1n) is 16.3. The summed E-state index contributed by atoms with van der Waals surface area (Å²) in [7, 11) is 0.285. The first-order chi connectivity index (χ1) is 19.0. The van der Waals surface area contributed by atoms with Crippen LogP contribution in [0.4, 0.5) is 5.69 Å². The van der Waals surface area contributed by atoms with Crippen molar-refractivity contribution in [1.29, 1.82) is 0 Å². The summed E-state index contributed by atoms with van der Waals surface area (Å²) in [4.78, 5) is 0. The number of hydrogen-bond donors (Lipinski definition) is 1. The van der Waals surface area contributed by atoms with Gasteiger partial charge in [0.15, 0.2) is 0 Å². The van der Waals surface area contributed by atoms with Crippen LogP contribution < -0.4 is 5.73 Å². The Labute approximate surface area is 243 Å². The van der Waals surface area contributed by atoms with Gasteiger partial charge in [0, 0.05) is 21.8 Å². The Morgan fingerprint density at radius 1 is 0.667 bits per heavy atom. The molecule has 0 amide bonds. The van der Waals surface area contributed by atoms with Crippen molar-refractivity contribution in [2.24, 2.45) is 35.5 Å². The second-order valence-electron chi connectivity index (χ2n) is 14.9. The van der Waals surface area contributed by atoms with Crippen LogP contribution in [0.2, 0.25) is 5.02 Å². The van der Waals surface area contributed by atoms with Crippen LogP contribution in [0.5, 0.6) is 0 Å². The van der Waals surface area contributed by atoms with Gasteiger partial charge in [-0.05, 0) is 148 Å². The van der Waals surface area contributed by atoms with E-state index in [-0.39, 0.29) is 7.92 Å². The molecule has 8 fully saturated rings. The van der Waals surface area contributed by atoms with Crippen LogP contribution in [0.3, 0.4) is 0 Å². The molecule has 0 aromatic heterocycles. The fourth-order valence-corrected chi connectivity index (χ4v) is 17.2. The van der Waals surface area contributed by atoms with E-state index in [0.29, 0.717) is 0 Å². The van der Waals surface area contributed by atoms with Crippen molar-refractivity contribution >= 4 is 25.2 Å². The van der Waals surface area contributed by atoms with E-state index >= 15 is 0 Å². The molecule has 0 aliphatic heterocycles. The lowest BCUT2D eigenvalue weighted by atomic mass is 9.55. The van der Waals surface area contributed by atoms with E-state index < -0.39 is 0 Å². The molecule has 10 rings (SSSR count). The average Bonchev–Trinajstić information content (AvgIpc) is 2.88. The van der Waals surface area contributed by atoms with Crippen LogP contribution in [0.15, 0.2) is 48.5 Å². The summed E-state index contributed by atoms with van der Waals surface area (Å²) in [5.41, 5.74) is 8.58. The Bertz CT molecular complexity index is 1010. The van der Waals surface area contributed by atoms with Gasteiger partial charge in [-0.3, -0.25) is 0 Å². The lowest BCUT2D eigenvalue weighted by Crippen LogP contribution is -2.56. The quantitative estimate of drug-likeness (QED) is 0.275. The number of nitrogens with two attached hydrogens (primary N) is 1. The second kappa shape index (κ2) is 10.7. The molecule has 2 aromatic carbocycles. The highest BCUT2D eigenvalue weighted by Crippen LogP contribution is 2.78.